The third kappa shape index (κ3) is 5.14. The van der Waals surface area contributed by atoms with Crippen LogP contribution in [0.3, 0.4) is 0 Å². The zero-order valence-corrected chi connectivity index (χ0v) is 17.0. The smallest absolute Gasteiger partial charge is 0.275 e. The molecule has 3 aromatic rings. The molecule has 1 amide bonds. The first-order valence-electron chi connectivity index (χ1n) is 9.98. The van der Waals surface area contributed by atoms with Crippen LogP contribution in [0.25, 0.3) is 0 Å². The van der Waals surface area contributed by atoms with E-state index in [4.69, 9.17) is 0 Å². The SMILES string of the molecule is CCCN(CCC(c1ccccc1)c1cc(F)ccc1F)C(=O)c1[nH]ncc(=O)c1O. The fraction of sp³-hybridized carbons (Fsp3) is 0.261. The number of nitrogens with one attached hydrogen (secondary N) is 1. The number of rotatable bonds is 8. The van der Waals surface area contributed by atoms with Crippen molar-refractivity contribution in [2.24, 2.45) is 0 Å². The predicted octanol–water partition coefficient (Wildman–Crippen LogP) is 3.83. The molecule has 1 aromatic heterocycles. The van der Waals surface area contributed by atoms with Gasteiger partial charge in [0.05, 0.1) is 6.20 Å². The minimum Gasteiger partial charge on any atom is -0.502 e. The molecule has 0 saturated carbocycles. The van der Waals surface area contributed by atoms with Crippen LogP contribution < -0.4 is 5.43 Å². The van der Waals surface area contributed by atoms with Gasteiger partial charge in [-0.25, -0.2) is 8.78 Å². The molecule has 3 rings (SSSR count). The molecule has 1 heterocycles. The van der Waals surface area contributed by atoms with Crippen molar-refractivity contribution in [3.05, 3.63) is 93.4 Å². The van der Waals surface area contributed by atoms with Gasteiger partial charge in [-0.1, -0.05) is 37.3 Å². The first-order valence-corrected chi connectivity index (χ1v) is 9.98. The number of benzene rings is 2. The van der Waals surface area contributed by atoms with Gasteiger partial charge in [-0.15, -0.1) is 0 Å². The van der Waals surface area contributed by atoms with Crippen molar-refractivity contribution >= 4 is 5.91 Å². The van der Waals surface area contributed by atoms with Crippen LogP contribution in [-0.2, 0) is 0 Å². The van der Waals surface area contributed by atoms with Crippen molar-refractivity contribution in [1.82, 2.24) is 15.1 Å². The van der Waals surface area contributed by atoms with Gasteiger partial charge in [0.15, 0.2) is 11.4 Å². The monoisotopic (exact) mass is 427 g/mol. The van der Waals surface area contributed by atoms with Crippen molar-refractivity contribution in [2.45, 2.75) is 25.7 Å². The highest BCUT2D eigenvalue weighted by atomic mass is 19.1. The second-order valence-corrected chi connectivity index (χ2v) is 7.17. The molecule has 31 heavy (non-hydrogen) atoms. The molecule has 0 fully saturated rings. The lowest BCUT2D eigenvalue weighted by molar-refractivity contribution is 0.0740. The highest BCUT2D eigenvalue weighted by molar-refractivity contribution is 5.94. The van der Waals surface area contributed by atoms with Crippen molar-refractivity contribution in [3.63, 3.8) is 0 Å². The van der Waals surface area contributed by atoms with Crippen molar-refractivity contribution in [1.29, 1.82) is 0 Å². The fourth-order valence-electron chi connectivity index (χ4n) is 3.54. The summed E-state index contributed by atoms with van der Waals surface area (Å²) in [5, 5.41) is 15.9. The van der Waals surface area contributed by atoms with Gasteiger partial charge in [0, 0.05) is 19.0 Å². The average Bonchev–Trinajstić information content (AvgIpc) is 2.77. The second kappa shape index (κ2) is 9.97. The molecule has 0 saturated heterocycles. The number of halogens is 2. The number of hydrogen-bond acceptors (Lipinski definition) is 4. The molecule has 1 unspecified atom stereocenters. The van der Waals surface area contributed by atoms with Gasteiger partial charge < -0.3 is 10.0 Å². The van der Waals surface area contributed by atoms with Crippen molar-refractivity contribution in [3.8, 4) is 5.75 Å². The van der Waals surface area contributed by atoms with Crippen LogP contribution in [-0.4, -0.2) is 39.2 Å². The van der Waals surface area contributed by atoms with Crippen LogP contribution >= 0.6 is 0 Å². The van der Waals surface area contributed by atoms with Gasteiger partial charge in [-0.05, 0) is 42.2 Å². The average molecular weight is 427 g/mol. The van der Waals surface area contributed by atoms with E-state index in [1.54, 1.807) is 0 Å². The molecule has 0 radical (unpaired) electrons. The Labute approximate surface area is 178 Å². The third-order valence-electron chi connectivity index (χ3n) is 5.05. The van der Waals surface area contributed by atoms with Crippen LogP contribution in [0.1, 0.15) is 47.3 Å². The first-order chi connectivity index (χ1) is 14.9. The molecule has 162 valence electrons. The summed E-state index contributed by atoms with van der Waals surface area (Å²) in [6.07, 6.45) is 1.82. The molecule has 6 nitrogen and oxygen atoms in total. The molecule has 1 atom stereocenters. The molecule has 0 aliphatic rings. The largest absolute Gasteiger partial charge is 0.502 e. The summed E-state index contributed by atoms with van der Waals surface area (Å²) in [4.78, 5) is 26.0. The first kappa shape index (κ1) is 22.1. The highest BCUT2D eigenvalue weighted by Gasteiger charge is 2.24. The number of nitrogens with zero attached hydrogens (tertiary/aromatic N) is 2. The summed E-state index contributed by atoms with van der Waals surface area (Å²) in [5.74, 6) is -2.85. The molecule has 0 aliphatic heterocycles. The van der Waals surface area contributed by atoms with Gasteiger partial charge in [0.1, 0.15) is 11.6 Å². The van der Waals surface area contributed by atoms with E-state index in [-0.39, 0.29) is 17.8 Å². The predicted molar refractivity (Wildman–Crippen MR) is 112 cm³/mol. The van der Waals surface area contributed by atoms with E-state index in [1.165, 1.54) is 11.0 Å². The molecule has 0 spiro atoms. The molecule has 0 aliphatic carbocycles. The number of aromatic amines is 1. The van der Waals surface area contributed by atoms with Gasteiger partial charge >= 0.3 is 0 Å². The Hall–Kier alpha value is -3.55. The maximum atomic E-state index is 14.6. The molecular formula is C23H23F2N3O3. The topological polar surface area (TPSA) is 86.3 Å². The van der Waals surface area contributed by atoms with Gasteiger partial charge in [0.2, 0.25) is 5.43 Å². The Morgan fingerprint density at radius 1 is 1.16 bits per heavy atom. The minimum absolute atomic E-state index is 0.193. The zero-order chi connectivity index (χ0) is 22.4. The standard InChI is InChI=1S/C23H23F2N3O3/c1-2-11-28(23(31)21-22(30)20(29)14-26-27-21)12-10-17(15-6-4-3-5-7-15)18-13-16(24)8-9-19(18)25/h3-9,13-14,17H,2,10-12H2,1H3,(H,26,30)(H,27,29). The number of amides is 1. The summed E-state index contributed by atoms with van der Waals surface area (Å²) in [5.41, 5.74) is -0.0713. The summed E-state index contributed by atoms with van der Waals surface area (Å²) < 4.78 is 28.4. The third-order valence-corrected chi connectivity index (χ3v) is 5.05. The van der Waals surface area contributed by atoms with Crippen LogP contribution in [0.5, 0.6) is 5.75 Å². The van der Waals surface area contributed by atoms with Gasteiger partial charge in [-0.2, -0.15) is 5.10 Å². The second-order valence-electron chi connectivity index (χ2n) is 7.17. The van der Waals surface area contributed by atoms with Crippen molar-refractivity contribution in [2.75, 3.05) is 13.1 Å². The quantitative estimate of drug-likeness (QED) is 0.572. The van der Waals surface area contributed by atoms with E-state index < -0.39 is 34.6 Å². The molecule has 2 N–H and O–H groups in total. The van der Waals surface area contributed by atoms with E-state index >= 15 is 0 Å². The van der Waals surface area contributed by atoms with Crippen LogP contribution in [0.15, 0.2) is 59.5 Å². The highest BCUT2D eigenvalue weighted by Crippen LogP contribution is 2.31. The Balaban J connectivity index is 1.91. The Bertz CT molecular complexity index is 1100. The lowest BCUT2D eigenvalue weighted by atomic mass is 9.88. The summed E-state index contributed by atoms with van der Waals surface area (Å²) in [6.45, 7) is 2.42. The molecular weight excluding hydrogens is 404 g/mol. The number of aromatic nitrogens is 2. The number of aromatic hydroxyl groups is 1. The van der Waals surface area contributed by atoms with Gasteiger partial charge in [0.25, 0.3) is 5.91 Å². The number of hydrogen-bond donors (Lipinski definition) is 2. The van der Waals surface area contributed by atoms with E-state index in [2.05, 4.69) is 10.2 Å². The summed E-state index contributed by atoms with van der Waals surface area (Å²) >= 11 is 0. The van der Waals surface area contributed by atoms with Crippen LogP contribution in [0.4, 0.5) is 8.78 Å². The summed E-state index contributed by atoms with van der Waals surface area (Å²) in [6, 6.07) is 12.4. The summed E-state index contributed by atoms with van der Waals surface area (Å²) in [7, 11) is 0. The van der Waals surface area contributed by atoms with E-state index in [9.17, 15) is 23.5 Å². The molecule has 2 aromatic carbocycles. The Kier molecular flexibility index (Phi) is 7.12. The van der Waals surface area contributed by atoms with Crippen LogP contribution in [0, 0.1) is 11.6 Å². The van der Waals surface area contributed by atoms with Crippen molar-refractivity contribution < 1.29 is 18.7 Å². The maximum absolute atomic E-state index is 14.6. The lowest BCUT2D eigenvalue weighted by Crippen LogP contribution is -2.35. The normalized spacial score (nSPS) is 11.8. The number of carbonyl (C=O) groups is 1. The lowest BCUT2D eigenvalue weighted by Gasteiger charge is -2.26. The Morgan fingerprint density at radius 2 is 1.90 bits per heavy atom. The van der Waals surface area contributed by atoms with E-state index in [1.807, 2.05) is 37.3 Å². The Morgan fingerprint density at radius 3 is 2.61 bits per heavy atom. The van der Waals surface area contributed by atoms with E-state index in [0.717, 1.165) is 23.9 Å². The van der Waals surface area contributed by atoms with Gasteiger partial charge in [-0.3, -0.25) is 14.7 Å². The molecule has 8 heteroatoms. The fourth-order valence-corrected chi connectivity index (χ4v) is 3.54. The zero-order valence-electron chi connectivity index (χ0n) is 17.0. The minimum atomic E-state index is -0.762. The van der Waals surface area contributed by atoms with E-state index in [0.29, 0.717) is 19.4 Å². The molecule has 0 bridgehead atoms. The number of H-pyrrole nitrogens is 1. The number of carbonyl (C=O) groups excluding carboxylic acids is 1. The van der Waals surface area contributed by atoms with Crippen LogP contribution in [0.2, 0.25) is 0 Å². The maximum Gasteiger partial charge on any atom is 0.275 e.